The fourth-order valence-electron chi connectivity index (χ4n) is 2.83. The third kappa shape index (κ3) is 5.28. The fraction of sp³-hybridized carbons (Fsp3) is 0.217. The lowest BCUT2D eigenvalue weighted by Crippen LogP contribution is -1.98. The number of rotatable bonds is 9. The van der Waals surface area contributed by atoms with Crippen LogP contribution in [0.15, 0.2) is 77.6 Å². The van der Waals surface area contributed by atoms with Crippen molar-refractivity contribution in [2.24, 2.45) is 0 Å². The molecule has 0 bridgehead atoms. The van der Waals surface area contributed by atoms with Crippen molar-refractivity contribution in [3.63, 3.8) is 0 Å². The summed E-state index contributed by atoms with van der Waals surface area (Å²) < 4.78 is 5.00. The second kappa shape index (κ2) is 9.52. The van der Waals surface area contributed by atoms with Crippen molar-refractivity contribution in [2.45, 2.75) is 32.1 Å². The Morgan fingerprint density at radius 3 is 2.42 bits per heavy atom. The molecule has 0 aliphatic heterocycles. The lowest BCUT2D eigenvalue weighted by molar-refractivity contribution is 0.0945. The monoisotopic (exact) mass is 345 g/mol. The number of unbranched alkanes of at least 4 members (excludes halogenated alkanes) is 3. The van der Waals surface area contributed by atoms with E-state index in [-0.39, 0.29) is 11.7 Å². The van der Waals surface area contributed by atoms with Gasteiger partial charge in [-0.15, -0.1) is 0 Å². The number of Topliss-reactive ketones (excluding diaryl/α,β-unsaturated/α-hetero) is 1. The van der Waals surface area contributed by atoms with Crippen molar-refractivity contribution >= 4 is 11.9 Å². The van der Waals surface area contributed by atoms with Gasteiger partial charge in [0.2, 0.25) is 5.78 Å². The van der Waals surface area contributed by atoms with Gasteiger partial charge in [0.15, 0.2) is 0 Å². The molecule has 0 radical (unpaired) electrons. The van der Waals surface area contributed by atoms with Gasteiger partial charge in [0, 0.05) is 6.42 Å². The molecular formula is C23H23NO2. The molecule has 3 heteroatoms. The first-order chi connectivity index (χ1) is 12.8. The van der Waals surface area contributed by atoms with E-state index in [4.69, 9.17) is 4.42 Å². The second-order valence-corrected chi connectivity index (χ2v) is 6.25. The van der Waals surface area contributed by atoms with Crippen molar-refractivity contribution in [2.75, 3.05) is 0 Å². The molecule has 0 saturated heterocycles. The molecule has 1 heterocycles. The first kappa shape index (κ1) is 17.9. The zero-order valence-electron chi connectivity index (χ0n) is 14.8. The highest BCUT2D eigenvalue weighted by atomic mass is 16.3. The van der Waals surface area contributed by atoms with Gasteiger partial charge < -0.3 is 4.42 Å². The number of hydrogen-bond acceptors (Lipinski definition) is 3. The summed E-state index contributed by atoms with van der Waals surface area (Å²) in [4.78, 5) is 15.6. The summed E-state index contributed by atoms with van der Waals surface area (Å²) in [7, 11) is 0. The summed E-state index contributed by atoms with van der Waals surface area (Å²) in [5.74, 6) is 0.216. The maximum atomic E-state index is 11.7. The molecule has 0 unspecified atom stereocenters. The van der Waals surface area contributed by atoms with E-state index in [2.05, 4.69) is 65.7 Å². The third-order valence-corrected chi connectivity index (χ3v) is 4.27. The van der Waals surface area contributed by atoms with Crippen LogP contribution in [-0.2, 0) is 0 Å². The Kier molecular flexibility index (Phi) is 6.54. The molecule has 3 rings (SSSR count). The minimum Gasteiger partial charge on any atom is -0.442 e. The number of hydrogen-bond donors (Lipinski definition) is 0. The van der Waals surface area contributed by atoms with Crippen molar-refractivity contribution < 1.29 is 9.21 Å². The van der Waals surface area contributed by atoms with Crippen LogP contribution in [0.25, 0.3) is 17.2 Å². The minimum atomic E-state index is -0.0101. The van der Waals surface area contributed by atoms with Crippen LogP contribution in [0.3, 0.4) is 0 Å². The third-order valence-electron chi connectivity index (χ3n) is 4.27. The van der Waals surface area contributed by atoms with Crippen LogP contribution >= 0.6 is 0 Å². The average molecular weight is 345 g/mol. The number of benzene rings is 2. The molecule has 1 aromatic heterocycles. The van der Waals surface area contributed by atoms with E-state index < -0.39 is 0 Å². The normalized spacial score (nSPS) is 11.1. The Morgan fingerprint density at radius 1 is 0.923 bits per heavy atom. The summed E-state index contributed by atoms with van der Waals surface area (Å²) in [6.45, 7) is 0. The van der Waals surface area contributed by atoms with Crippen molar-refractivity contribution in [1.29, 1.82) is 0 Å². The molecule has 3 aromatic rings. The predicted octanol–water partition coefficient (Wildman–Crippen LogP) is 6.19. The van der Waals surface area contributed by atoms with Gasteiger partial charge in [-0.1, -0.05) is 73.2 Å². The molecule has 3 nitrogen and oxygen atoms in total. The zero-order chi connectivity index (χ0) is 18.0. The largest absolute Gasteiger partial charge is 0.442 e. The van der Waals surface area contributed by atoms with Gasteiger partial charge in [-0.05, 0) is 36.0 Å². The summed E-state index contributed by atoms with van der Waals surface area (Å²) in [6, 6.07) is 19.0. The van der Waals surface area contributed by atoms with Gasteiger partial charge in [-0.25, -0.2) is 4.98 Å². The number of ketones is 1. The number of nitrogens with zero attached hydrogens (tertiary/aromatic N) is 1. The van der Waals surface area contributed by atoms with E-state index in [0.29, 0.717) is 6.42 Å². The molecule has 132 valence electrons. The van der Waals surface area contributed by atoms with Gasteiger partial charge in [-0.2, -0.15) is 0 Å². The quantitative estimate of drug-likeness (QED) is 0.343. The Hall–Kier alpha value is -2.94. The van der Waals surface area contributed by atoms with E-state index in [1.54, 1.807) is 0 Å². The molecule has 0 saturated carbocycles. The van der Waals surface area contributed by atoms with E-state index >= 15 is 0 Å². The molecule has 0 fully saturated rings. The number of oxazole rings is 1. The Labute approximate surface area is 154 Å². The highest BCUT2D eigenvalue weighted by molar-refractivity contribution is 5.91. The summed E-state index contributed by atoms with van der Waals surface area (Å²) in [6.07, 6.45) is 11.8. The second-order valence-electron chi connectivity index (χ2n) is 6.25. The first-order valence-corrected chi connectivity index (χ1v) is 9.07. The lowest BCUT2D eigenvalue weighted by atomic mass is 10.0. The van der Waals surface area contributed by atoms with Crippen molar-refractivity contribution in [3.8, 4) is 11.1 Å². The van der Waals surface area contributed by atoms with E-state index in [1.165, 1.54) is 29.2 Å². The molecular weight excluding hydrogens is 322 g/mol. The minimum absolute atomic E-state index is 0.0101. The fourth-order valence-corrected chi connectivity index (χ4v) is 2.83. The lowest BCUT2D eigenvalue weighted by Gasteiger charge is -2.02. The van der Waals surface area contributed by atoms with E-state index in [1.807, 2.05) is 6.07 Å². The van der Waals surface area contributed by atoms with Crippen LogP contribution in [0.1, 0.15) is 48.4 Å². The van der Waals surface area contributed by atoms with E-state index in [9.17, 15) is 4.79 Å². The van der Waals surface area contributed by atoms with Crippen LogP contribution in [0.2, 0.25) is 0 Å². The molecule has 2 aromatic carbocycles. The summed E-state index contributed by atoms with van der Waals surface area (Å²) in [5.41, 5.74) is 3.68. The Bertz CT molecular complexity index is 818. The maximum absolute atomic E-state index is 11.7. The van der Waals surface area contributed by atoms with Crippen molar-refractivity contribution in [1.82, 2.24) is 4.98 Å². The topological polar surface area (TPSA) is 43.1 Å². The molecule has 0 N–H and O–H groups in total. The molecule has 26 heavy (non-hydrogen) atoms. The molecule has 0 spiro atoms. The molecule has 0 amide bonds. The van der Waals surface area contributed by atoms with Gasteiger partial charge in [0.1, 0.15) is 6.26 Å². The maximum Gasteiger partial charge on any atom is 0.263 e. The smallest absolute Gasteiger partial charge is 0.263 e. The van der Waals surface area contributed by atoms with Crippen molar-refractivity contribution in [3.05, 3.63) is 84.6 Å². The zero-order valence-corrected chi connectivity index (χ0v) is 14.8. The van der Waals surface area contributed by atoms with Crippen LogP contribution in [-0.4, -0.2) is 10.8 Å². The van der Waals surface area contributed by atoms with Gasteiger partial charge in [-0.3, -0.25) is 4.79 Å². The molecule has 0 aliphatic rings. The van der Waals surface area contributed by atoms with Crippen LogP contribution in [0.5, 0.6) is 0 Å². The number of carbonyl (C=O) groups is 1. The Balaban J connectivity index is 1.36. The number of carbonyl (C=O) groups excluding carboxylic acids is 1. The van der Waals surface area contributed by atoms with E-state index in [0.717, 1.165) is 25.7 Å². The standard InChI is InChI=1S/C23H23NO2/c25-22(23-24-17-18-26-23)12-8-3-1-2-5-9-19-13-15-21(16-14-19)20-10-6-4-7-11-20/h4-7,9-11,13-18H,1-3,8,12H2. The van der Waals surface area contributed by atoms with Gasteiger partial charge in [0.25, 0.3) is 5.89 Å². The highest BCUT2D eigenvalue weighted by Crippen LogP contribution is 2.19. The molecule has 0 aliphatic carbocycles. The molecule has 0 atom stereocenters. The van der Waals surface area contributed by atoms with Gasteiger partial charge >= 0.3 is 0 Å². The van der Waals surface area contributed by atoms with Gasteiger partial charge in [0.05, 0.1) is 6.20 Å². The Morgan fingerprint density at radius 2 is 1.69 bits per heavy atom. The van der Waals surface area contributed by atoms with Crippen LogP contribution in [0, 0.1) is 0 Å². The summed E-state index contributed by atoms with van der Waals surface area (Å²) in [5, 5.41) is 0. The SMILES string of the molecule is O=C(CCCCCC=Cc1ccc(-c2ccccc2)cc1)c1ncco1. The predicted molar refractivity (Wildman–Crippen MR) is 105 cm³/mol. The number of aromatic nitrogens is 1. The first-order valence-electron chi connectivity index (χ1n) is 9.07. The van der Waals surface area contributed by atoms with Crippen LogP contribution in [0.4, 0.5) is 0 Å². The average Bonchev–Trinajstić information content (AvgIpc) is 3.23. The highest BCUT2D eigenvalue weighted by Gasteiger charge is 2.09. The number of allylic oxidation sites excluding steroid dienone is 1. The summed E-state index contributed by atoms with van der Waals surface area (Å²) >= 11 is 0. The van der Waals surface area contributed by atoms with Crippen LogP contribution < -0.4 is 0 Å².